The Balaban J connectivity index is 1.87. The van der Waals surface area contributed by atoms with Crippen molar-refractivity contribution >= 4 is 22.5 Å². The van der Waals surface area contributed by atoms with Crippen LogP contribution in [0.15, 0.2) is 59.4 Å². The van der Waals surface area contributed by atoms with Gasteiger partial charge in [0.25, 0.3) is 11.5 Å². The first-order valence-electron chi connectivity index (χ1n) is 8.47. The van der Waals surface area contributed by atoms with Crippen molar-refractivity contribution in [1.82, 2.24) is 9.88 Å². The largest absolute Gasteiger partial charge is 0.361 e. The summed E-state index contributed by atoms with van der Waals surface area (Å²) in [5, 5.41) is 4.32. The number of aromatic amines is 1. The first-order chi connectivity index (χ1) is 12.2. The predicted molar refractivity (Wildman–Crippen MR) is 98.7 cm³/mol. The number of benzene rings is 2. The van der Waals surface area contributed by atoms with Crippen molar-refractivity contribution in [3.05, 3.63) is 76.1 Å². The van der Waals surface area contributed by atoms with E-state index in [-0.39, 0.29) is 11.5 Å². The minimum atomic E-state index is -0.476. The second-order valence-corrected chi connectivity index (χ2v) is 6.23. The Morgan fingerprint density at radius 3 is 2.64 bits per heavy atom. The Hall–Kier alpha value is -3.08. The minimum Gasteiger partial charge on any atom is -0.361 e. The average molecular weight is 333 g/mol. The van der Waals surface area contributed by atoms with Crippen LogP contribution in [0.5, 0.6) is 0 Å². The third-order valence-electron chi connectivity index (χ3n) is 4.56. The first kappa shape index (κ1) is 15.4. The fraction of sp³-hybridized carbons (Fsp3) is 0.200. The van der Waals surface area contributed by atoms with Crippen LogP contribution in [0.3, 0.4) is 0 Å². The molecule has 2 heterocycles. The monoisotopic (exact) mass is 333 g/mol. The maximum atomic E-state index is 12.9. The highest BCUT2D eigenvalue weighted by Crippen LogP contribution is 2.32. The molecule has 0 saturated carbocycles. The zero-order chi connectivity index (χ0) is 17.4. The molecule has 25 heavy (non-hydrogen) atoms. The summed E-state index contributed by atoms with van der Waals surface area (Å²) >= 11 is 0. The molecule has 5 heteroatoms. The van der Waals surface area contributed by atoms with Crippen molar-refractivity contribution in [3.63, 3.8) is 0 Å². The van der Waals surface area contributed by atoms with E-state index in [1.165, 1.54) is 0 Å². The Morgan fingerprint density at radius 1 is 1.04 bits per heavy atom. The Labute approximate surface area is 145 Å². The van der Waals surface area contributed by atoms with Gasteiger partial charge in [-0.2, -0.15) is 0 Å². The molecule has 1 aliphatic heterocycles. The predicted octanol–water partition coefficient (Wildman–Crippen LogP) is 3.50. The van der Waals surface area contributed by atoms with Gasteiger partial charge < -0.3 is 15.2 Å². The number of rotatable bonds is 3. The lowest BCUT2D eigenvalue weighted by molar-refractivity contribution is 0.0682. The third-order valence-corrected chi connectivity index (χ3v) is 4.56. The van der Waals surface area contributed by atoms with Crippen LogP contribution in [0.2, 0.25) is 0 Å². The van der Waals surface area contributed by atoms with E-state index in [4.69, 9.17) is 0 Å². The van der Waals surface area contributed by atoms with Crippen LogP contribution in [0.4, 0.5) is 5.69 Å². The van der Waals surface area contributed by atoms with Crippen LogP contribution in [0.1, 0.15) is 35.4 Å². The van der Waals surface area contributed by atoms with E-state index in [0.29, 0.717) is 17.7 Å². The fourth-order valence-corrected chi connectivity index (χ4v) is 3.38. The molecule has 0 aliphatic carbocycles. The number of carbonyl (C=O) groups is 1. The Kier molecular flexibility index (Phi) is 3.76. The van der Waals surface area contributed by atoms with Gasteiger partial charge in [0.15, 0.2) is 0 Å². The molecule has 5 nitrogen and oxygen atoms in total. The topological polar surface area (TPSA) is 65.2 Å². The summed E-state index contributed by atoms with van der Waals surface area (Å²) in [7, 11) is 0. The van der Waals surface area contributed by atoms with Crippen LogP contribution < -0.4 is 10.9 Å². The summed E-state index contributed by atoms with van der Waals surface area (Å²) in [4.78, 5) is 30.3. The van der Waals surface area contributed by atoms with Crippen LogP contribution in [-0.4, -0.2) is 22.3 Å². The standard InChI is InChI=1S/C20H19N3O2/c1-2-11-23-18(21-17-10-6-4-8-14(17)20(23)25)15-12-13-7-3-5-9-16(13)22-19(15)24/h3-10,12,18,21H,2,11H2,1H3,(H,22,24)/t18-/m0/s1. The number of carbonyl (C=O) groups excluding carboxylic acids is 1. The van der Waals surface area contributed by atoms with Crippen molar-refractivity contribution in [1.29, 1.82) is 0 Å². The summed E-state index contributed by atoms with van der Waals surface area (Å²) in [5.74, 6) is -0.0474. The number of para-hydroxylation sites is 2. The van der Waals surface area contributed by atoms with Crippen LogP contribution >= 0.6 is 0 Å². The lowest BCUT2D eigenvalue weighted by Gasteiger charge is -2.37. The van der Waals surface area contributed by atoms with Crippen LogP contribution in [0.25, 0.3) is 10.9 Å². The number of aromatic nitrogens is 1. The molecule has 0 saturated heterocycles. The number of hydrogen-bond donors (Lipinski definition) is 2. The van der Waals surface area contributed by atoms with E-state index in [9.17, 15) is 9.59 Å². The van der Waals surface area contributed by atoms with Gasteiger partial charge in [0.1, 0.15) is 6.17 Å². The number of anilines is 1. The molecule has 0 spiro atoms. The molecule has 2 aromatic carbocycles. The number of nitrogens with zero attached hydrogens (tertiary/aromatic N) is 1. The number of H-pyrrole nitrogens is 1. The molecule has 1 aliphatic rings. The molecular weight excluding hydrogens is 314 g/mol. The van der Waals surface area contributed by atoms with Gasteiger partial charge in [-0.3, -0.25) is 9.59 Å². The van der Waals surface area contributed by atoms with Gasteiger partial charge in [-0.15, -0.1) is 0 Å². The minimum absolute atomic E-state index is 0.0474. The fourth-order valence-electron chi connectivity index (χ4n) is 3.38. The van der Waals surface area contributed by atoms with Gasteiger partial charge in [0, 0.05) is 17.7 Å². The Bertz CT molecular complexity index is 1010. The number of amides is 1. The second kappa shape index (κ2) is 6.09. The molecule has 126 valence electrons. The maximum absolute atomic E-state index is 12.9. The SMILES string of the molecule is CCCN1C(=O)c2ccccc2N[C@@H]1c1cc2ccccc2[nH]c1=O. The smallest absolute Gasteiger partial charge is 0.257 e. The molecule has 1 atom stereocenters. The molecule has 0 fully saturated rings. The zero-order valence-corrected chi connectivity index (χ0v) is 14.0. The highest BCUT2D eigenvalue weighted by molar-refractivity contribution is 6.01. The lowest BCUT2D eigenvalue weighted by Crippen LogP contribution is -2.45. The third kappa shape index (κ3) is 2.58. The van der Waals surface area contributed by atoms with Crippen molar-refractivity contribution in [2.45, 2.75) is 19.5 Å². The normalized spacial score (nSPS) is 16.6. The quantitative estimate of drug-likeness (QED) is 0.771. The molecule has 4 rings (SSSR count). The van der Waals surface area contributed by atoms with E-state index in [1.54, 1.807) is 4.90 Å². The molecule has 0 radical (unpaired) electrons. The van der Waals surface area contributed by atoms with E-state index in [1.807, 2.05) is 61.5 Å². The molecule has 0 unspecified atom stereocenters. The van der Waals surface area contributed by atoms with E-state index in [0.717, 1.165) is 23.0 Å². The summed E-state index contributed by atoms with van der Waals surface area (Å²) in [6.07, 6.45) is 0.341. The number of hydrogen-bond acceptors (Lipinski definition) is 3. The summed E-state index contributed by atoms with van der Waals surface area (Å²) in [5.41, 5.74) is 2.57. The lowest BCUT2D eigenvalue weighted by atomic mass is 10.0. The number of nitrogens with one attached hydrogen (secondary N) is 2. The second-order valence-electron chi connectivity index (χ2n) is 6.23. The maximum Gasteiger partial charge on any atom is 0.257 e. The van der Waals surface area contributed by atoms with E-state index < -0.39 is 6.17 Å². The van der Waals surface area contributed by atoms with Crippen molar-refractivity contribution in [3.8, 4) is 0 Å². The highest BCUT2D eigenvalue weighted by Gasteiger charge is 2.33. The molecule has 1 amide bonds. The number of fused-ring (bicyclic) bond motifs is 2. The van der Waals surface area contributed by atoms with Gasteiger partial charge >= 0.3 is 0 Å². The average Bonchev–Trinajstić information content (AvgIpc) is 2.63. The van der Waals surface area contributed by atoms with Crippen molar-refractivity contribution in [2.24, 2.45) is 0 Å². The van der Waals surface area contributed by atoms with Gasteiger partial charge in [0.05, 0.1) is 11.1 Å². The molecule has 1 aromatic heterocycles. The summed E-state index contributed by atoms with van der Waals surface area (Å²) < 4.78 is 0. The summed E-state index contributed by atoms with van der Waals surface area (Å²) in [6, 6.07) is 16.9. The van der Waals surface area contributed by atoms with Crippen molar-refractivity contribution in [2.75, 3.05) is 11.9 Å². The van der Waals surface area contributed by atoms with Crippen LogP contribution in [0, 0.1) is 0 Å². The Morgan fingerprint density at radius 2 is 1.80 bits per heavy atom. The van der Waals surface area contributed by atoms with Gasteiger partial charge in [0.2, 0.25) is 0 Å². The van der Waals surface area contributed by atoms with Crippen molar-refractivity contribution < 1.29 is 4.79 Å². The molecular formula is C20H19N3O2. The van der Waals surface area contributed by atoms with Crippen LogP contribution in [-0.2, 0) is 0 Å². The van der Waals surface area contributed by atoms with Gasteiger partial charge in [-0.25, -0.2) is 0 Å². The van der Waals surface area contributed by atoms with Gasteiger partial charge in [-0.1, -0.05) is 37.3 Å². The van der Waals surface area contributed by atoms with Gasteiger partial charge in [-0.05, 0) is 36.1 Å². The molecule has 3 aromatic rings. The first-order valence-corrected chi connectivity index (χ1v) is 8.47. The molecule has 2 N–H and O–H groups in total. The summed E-state index contributed by atoms with van der Waals surface area (Å²) in [6.45, 7) is 2.60. The molecule has 0 bridgehead atoms. The van der Waals surface area contributed by atoms with E-state index >= 15 is 0 Å². The highest BCUT2D eigenvalue weighted by atomic mass is 16.2. The van der Waals surface area contributed by atoms with E-state index in [2.05, 4.69) is 10.3 Å². The number of pyridine rings is 1. The zero-order valence-electron chi connectivity index (χ0n) is 14.0.